The molecular formula is C12H26O8P2S2. The second kappa shape index (κ2) is 11.6. The molecular weight excluding hydrogens is 398 g/mol. The normalized spacial score (nSPS) is 22.7. The quantitative estimate of drug-likeness (QED) is 0.417. The van der Waals surface area contributed by atoms with Gasteiger partial charge in [-0.3, -0.25) is 0 Å². The molecule has 1 rings (SSSR count). The van der Waals surface area contributed by atoms with Gasteiger partial charge in [0.25, 0.3) is 0 Å². The molecule has 0 aromatic rings. The van der Waals surface area contributed by atoms with Gasteiger partial charge in [-0.1, -0.05) is 0 Å². The summed E-state index contributed by atoms with van der Waals surface area (Å²) >= 11 is 1.83. The second-order valence-electron chi connectivity index (χ2n) is 4.25. The third-order valence-electron chi connectivity index (χ3n) is 2.48. The van der Waals surface area contributed by atoms with E-state index in [9.17, 15) is 9.13 Å². The first-order valence-electron chi connectivity index (χ1n) is 7.80. The van der Waals surface area contributed by atoms with E-state index in [1.165, 1.54) is 0 Å². The van der Waals surface area contributed by atoms with E-state index >= 15 is 0 Å². The molecule has 144 valence electrons. The van der Waals surface area contributed by atoms with Gasteiger partial charge < -0.3 is 27.6 Å². The highest BCUT2D eigenvalue weighted by atomic mass is 32.7. The van der Waals surface area contributed by atoms with Crippen LogP contribution in [0.5, 0.6) is 0 Å². The lowest BCUT2D eigenvalue weighted by Gasteiger charge is -2.33. The van der Waals surface area contributed by atoms with Crippen molar-refractivity contribution < 1.29 is 36.7 Å². The molecule has 0 aromatic heterocycles. The van der Waals surface area contributed by atoms with Gasteiger partial charge in [0.1, 0.15) is 0 Å². The number of hydrogen-bond donors (Lipinski definition) is 0. The lowest BCUT2D eigenvalue weighted by atomic mass is 10.6. The van der Waals surface area contributed by atoms with Crippen molar-refractivity contribution in [3.63, 3.8) is 0 Å². The van der Waals surface area contributed by atoms with Crippen LogP contribution in [0.2, 0.25) is 0 Å². The topological polar surface area (TPSA) is 89.5 Å². The van der Waals surface area contributed by atoms with E-state index in [2.05, 4.69) is 0 Å². The van der Waals surface area contributed by atoms with Gasteiger partial charge >= 0.3 is 13.6 Å². The summed E-state index contributed by atoms with van der Waals surface area (Å²) in [6.45, 7) is 1.77. The molecule has 0 aliphatic carbocycles. The zero-order chi connectivity index (χ0) is 18.1. The van der Waals surface area contributed by atoms with Crippen LogP contribution in [0.4, 0.5) is 0 Å². The molecule has 0 amide bonds. The molecule has 24 heavy (non-hydrogen) atoms. The summed E-state index contributed by atoms with van der Waals surface area (Å²) < 4.78 is 57.7. The number of ether oxygens (including phenoxy) is 2. The van der Waals surface area contributed by atoms with Crippen LogP contribution in [0, 0.1) is 0 Å². The fourth-order valence-corrected chi connectivity index (χ4v) is 9.94. The van der Waals surface area contributed by atoms with Crippen LogP contribution in [0.15, 0.2) is 0 Å². The molecule has 0 spiro atoms. The molecule has 1 heterocycles. The van der Waals surface area contributed by atoms with Crippen LogP contribution in [0.25, 0.3) is 0 Å². The molecule has 2 atom stereocenters. The smallest absolute Gasteiger partial charge is 0.361 e. The molecule has 12 heteroatoms. The van der Waals surface area contributed by atoms with Gasteiger partial charge in [0.15, 0.2) is 10.9 Å². The lowest BCUT2D eigenvalue weighted by Crippen LogP contribution is -2.34. The minimum absolute atomic E-state index is 0.242. The van der Waals surface area contributed by atoms with Crippen LogP contribution in [0.3, 0.4) is 0 Å². The largest absolute Gasteiger partial charge is 0.391 e. The standard InChI is InChI=1S/C12H26O8P2S2/c1-5-17-21(13,18-6-2)23-11-12(16-10-9-15-11)24-22(14,19-7-3)20-8-4/h11-12H,5-10H2,1-4H3. The Balaban J connectivity index is 2.83. The predicted molar refractivity (Wildman–Crippen MR) is 96.4 cm³/mol. The molecule has 1 saturated heterocycles. The van der Waals surface area contributed by atoms with E-state index in [-0.39, 0.29) is 26.4 Å². The average Bonchev–Trinajstić information content (AvgIpc) is 2.50. The Kier molecular flexibility index (Phi) is 11.1. The second-order valence-corrected chi connectivity index (χ2v) is 12.4. The van der Waals surface area contributed by atoms with E-state index in [0.29, 0.717) is 13.2 Å². The van der Waals surface area contributed by atoms with Crippen molar-refractivity contribution in [2.75, 3.05) is 39.6 Å². The fourth-order valence-electron chi connectivity index (χ4n) is 1.73. The molecule has 0 saturated carbocycles. The van der Waals surface area contributed by atoms with Crippen molar-refractivity contribution in [1.29, 1.82) is 0 Å². The molecule has 1 fully saturated rings. The monoisotopic (exact) mass is 424 g/mol. The van der Waals surface area contributed by atoms with Crippen molar-refractivity contribution in [1.82, 2.24) is 0 Å². The summed E-state index contributed by atoms with van der Waals surface area (Å²) in [7, 11) is 0. The summed E-state index contributed by atoms with van der Waals surface area (Å²) in [5, 5.41) is 0. The van der Waals surface area contributed by atoms with Gasteiger partial charge in [-0.25, -0.2) is 9.13 Å². The summed E-state index contributed by atoms with van der Waals surface area (Å²) in [4.78, 5) is 0. The number of hydrogen-bond acceptors (Lipinski definition) is 10. The van der Waals surface area contributed by atoms with Crippen molar-refractivity contribution in [3.8, 4) is 0 Å². The maximum absolute atomic E-state index is 12.7. The average molecular weight is 424 g/mol. The molecule has 0 radical (unpaired) electrons. The van der Waals surface area contributed by atoms with E-state index in [0.717, 1.165) is 22.8 Å². The first kappa shape index (κ1) is 23.0. The molecule has 0 aromatic carbocycles. The van der Waals surface area contributed by atoms with Crippen LogP contribution in [-0.2, 0) is 36.7 Å². The van der Waals surface area contributed by atoms with Gasteiger partial charge in [-0.05, 0) is 50.5 Å². The zero-order valence-corrected chi connectivity index (χ0v) is 17.8. The van der Waals surface area contributed by atoms with Gasteiger partial charge in [-0.15, -0.1) is 0 Å². The van der Waals surface area contributed by atoms with Gasteiger partial charge in [0.2, 0.25) is 0 Å². The highest BCUT2D eigenvalue weighted by Crippen LogP contribution is 2.68. The van der Waals surface area contributed by atoms with Crippen LogP contribution in [0.1, 0.15) is 27.7 Å². The van der Waals surface area contributed by atoms with Crippen molar-refractivity contribution in [3.05, 3.63) is 0 Å². The predicted octanol–water partition coefficient (Wildman–Crippen LogP) is 4.51. The van der Waals surface area contributed by atoms with Crippen molar-refractivity contribution in [2.24, 2.45) is 0 Å². The Morgan fingerprint density at radius 2 is 1.04 bits per heavy atom. The highest BCUT2D eigenvalue weighted by molar-refractivity contribution is 8.57. The lowest BCUT2D eigenvalue weighted by molar-refractivity contribution is -0.0655. The zero-order valence-electron chi connectivity index (χ0n) is 14.4. The van der Waals surface area contributed by atoms with E-state index < -0.39 is 24.5 Å². The maximum Gasteiger partial charge on any atom is 0.391 e. The van der Waals surface area contributed by atoms with E-state index in [4.69, 9.17) is 27.6 Å². The third kappa shape index (κ3) is 7.66. The first-order valence-corrected chi connectivity index (χ1v) is 13.9. The molecule has 1 aliphatic rings. The van der Waals surface area contributed by atoms with E-state index in [1.54, 1.807) is 27.7 Å². The van der Waals surface area contributed by atoms with Crippen molar-refractivity contribution >= 4 is 36.4 Å². The maximum atomic E-state index is 12.7. The fraction of sp³-hybridized carbons (Fsp3) is 1.00. The Hall–Kier alpha value is 0.920. The Morgan fingerprint density at radius 1 is 0.750 bits per heavy atom. The minimum atomic E-state index is -3.39. The van der Waals surface area contributed by atoms with Crippen molar-refractivity contribution in [2.45, 2.75) is 38.6 Å². The summed E-state index contributed by atoms with van der Waals surface area (Å²) in [5.74, 6) is 0. The van der Waals surface area contributed by atoms with E-state index in [1.807, 2.05) is 0 Å². The Morgan fingerprint density at radius 3 is 1.29 bits per heavy atom. The van der Waals surface area contributed by atoms with Gasteiger partial charge in [0, 0.05) is 0 Å². The summed E-state index contributed by atoms with van der Waals surface area (Å²) in [5.41, 5.74) is -1.36. The van der Waals surface area contributed by atoms with Gasteiger partial charge in [0.05, 0.1) is 39.6 Å². The van der Waals surface area contributed by atoms with Crippen LogP contribution < -0.4 is 0 Å². The number of rotatable bonds is 12. The molecule has 0 bridgehead atoms. The molecule has 0 N–H and O–H groups in total. The first-order chi connectivity index (χ1) is 11.4. The molecule has 1 aliphatic heterocycles. The van der Waals surface area contributed by atoms with Gasteiger partial charge in [-0.2, -0.15) is 0 Å². The summed E-state index contributed by atoms with van der Waals surface area (Å²) in [6, 6.07) is 0. The summed E-state index contributed by atoms with van der Waals surface area (Å²) in [6.07, 6.45) is 0. The minimum Gasteiger partial charge on any atom is -0.361 e. The van der Waals surface area contributed by atoms with Crippen LogP contribution >= 0.6 is 36.4 Å². The van der Waals surface area contributed by atoms with Crippen LogP contribution in [-0.4, -0.2) is 50.5 Å². The Labute approximate surface area is 151 Å². The molecule has 2 unspecified atom stereocenters. The molecule has 8 nitrogen and oxygen atoms in total. The third-order valence-corrected chi connectivity index (χ3v) is 10.7. The SMILES string of the molecule is CCOP(=O)(OCC)SC1OCCOC1SP(=O)(OCC)OCC. The Bertz CT molecular complexity index is 393. The highest BCUT2D eigenvalue weighted by Gasteiger charge is 2.42.